The number of aryl methyl sites for hydroxylation is 3. The first-order chi connectivity index (χ1) is 10.3. The topological polar surface area (TPSA) is 26.0 Å². The van der Waals surface area contributed by atoms with Gasteiger partial charge in [0, 0.05) is 5.92 Å². The zero-order valence-electron chi connectivity index (χ0n) is 12.9. The summed E-state index contributed by atoms with van der Waals surface area (Å²) in [6, 6.07) is 15.8. The molecule has 2 N–H and O–H groups in total. The average molecular weight is 279 g/mol. The summed E-state index contributed by atoms with van der Waals surface area (Å²) >= 11 is 0. The number of fused-ring (bicyclic) bond motifs is 1. The van der Waals surface area contributed by atoms with Gasteiger partial charge in [0.25, 0.3) is 0 Å². The number of rotatable bonds is 4. The molecule has 21 heavy (non-hydrogen) atoms. The molecule has 1 heteroatoms. The van der Waals surface area contributed by atoms with Crippen molar-refractivity contribution in [1.29, 1.82) is 0 Å². The van der Waals surface area contributed by atoms with E-state index in [1.54, 1.807) is 11.1 Å². The summed E-state index contributed by atoms with van der Waals surface area (Å²) in [6.07, 6.45) is 6.21. The van der Waals surface area contributed by atoms with Crippen LogP contribution in [-0.4, -0.2) is 6.54 Å². The fraction of sp³-hybridized carbons (Fsp3) is 0.400. The normalized spacial score (nSPS) is 15.5. The summed E-state index contributed by atoms with van der Waals surface area (Å²) in [5.41, 5.74) is 13.3. The molecular formula is C20H25N. The number of hydrogen-bond acceptors (Lipinski definition) is 1. The van der Waals surface area contributed by atoms with Crippen molar-refractivity contribution in [1.82, 2.24) is 0 Å². The van der Waals surface area contributed by atoms with Gasteiger partial charge in [-0.2, -0.15) is 0 Å². The lowest BCUT2D eigenvalue weighted by atomic mass is 9.85. The maximum absolute atomic E-state index is 6.07. The molecule has 0 radical (unpaired) electrons. The first-order valence-corrected chi connectivity index (χ1v) is 8.13. The Morgan fingerprint density at radius 2 is 1.81 bits per heavy atom. The van der Waals surface area contributed by atoms with E-state index in [1.165, 1.54) is 42.4 Å². The van der Waals surface area contributed by atoms with Crippen LogP contribution in [0.15, 0.2) is 42.5 Å². The molecule has 2 aromatic rings. The molecule has 1 aliphatic rings. The van der Waals surface area contributed by atoms with Crippen LogP contribution in [0.2, 0.25) is 0 Å². The van der Waals surface area contributed by atoms with E-state index in [4.69, 9.17) is 5.73 Å². The first kappa shape index (κ1) is 14.3. The summed E-state index contributed by atoms with van der Waals surface area (Å²) in [5.74, 6) is 0.430. The minimum absolute atomic E-state index is 0.430. The zero-order valence-corrected chi connectivity index (χ0v) is 12.9. The fourth-order valence-corrected chi connectivity index (χ4v) is 3.47. The number of hydrogen-bond donors (Lipinski definition) is 1. The Labute approximate surface area is 128 Å². The summed E-state index contributed by atoms with van der Waals surface area (Å²) in [4.78, 5) is 0. The van der Waals surface area contributed by atoms with Gasteiger partial charge in [0.2, 0.25) is 0 Å². The van der Waals surface area contributed by atoms with Crippen molar-refractivity contribution in [2.24, 2.45) is 5.73 Å². The summed E-state index contributed by atoms with van der Waals surface area (Å²) in [6.45, 7) is 2.87. The molecule has 0 amide bonds. The van der Waals surface area contributed by atoms with Gasteiger partial charge >= 0.3 is 0 Å². The van der Waals surface area contributed by atoms with E-state index in [0.717, 1.165) is 6.42 Å². The van der Waals surface area contributed by atoms with Crippen molar-refractivity contribution >= 4 is 0 Å². The molecule has 1 atom stereocenters. The maximum Gasteiger partial charge on any atom is 0.000167 e. The molecule has 110 valence electrons. The molecular weight excluding hydrogens is 254 g/mol. The standard InChI is InChI=1S/C20H25N/c1-15-5-4-6-16(11-15)12-20(14-21)19-10-9-17-7-2-3-8-18(17)13-19/h4-6,9-11,13,20H,2-3,7-8,12,14,21H2,1H3. The van der Waals surface area contributed by atoms with E-state index >= 15 is 0 Å². The SMILES string of the molecule is Cc1cccc(CC(CN)c2ccc3c(c2)CCCC3)c1. The molecule has 0 aromatic heterocycles. The molecule has 0 saturated carbocycles. The van der Waals surface area contributed by atoms with E-state index < -0.39 is 0 Å². The average Bonchev–Trinajstić information content (AvgIpc) is 2.52. The van der Waals surface area contributed by atoms with Crippen LogP contribution >= 0.6 is 0 Å². The van der Waals surface area contributed by atoms with Crippen molar-refractivity contribution in [3.63, 3.8) is 0 Å². The van der Waals surface area contributed by atoms with Crippen molar-refractivity contribution in [3.8, 4) is 0 Å². The minimum atomic E-state index is 0.430. The molecule has 2 aromatic carbocycles. The smallest absolute Gasteiger partial charge is 0.000167 e. The third-order valence-corrected chi connectivity index (χ3v) is 4.69. The van der Waals surface area contributed by atoms with Gasteiger partial charge in [0.1, 0.15) is 0 Å². The van der Waals surface area contributed by atoms with Gasteiger partial charge in [0.05, 0.1) is 0 Å². The van der Waals surface area contributed by atoms with E-state index in [0.29, 0.717) is 12.5 Å². The monoisotopic (exact) mass is 279 g/mol. The van der Waals surface area contributed by atoms with Crippen LogP contribution in [0.1, 0.15) is 46.6 Å². The van der Waals surface area contributed by atoms with Crippen molar-refractivity contribution in [2.45, 2.75) is 44.9 Å². The van der Waals surface area contributed by atoms with Gasteiger partial charge in [-0.1, -0.05) is 48.0 Å². The highest BCUT2D eigenvalue weighted by molar-refractivity contribution is 5.36. The minimum Gasteiger partial charge on any atom is -0.330 e. The van der Waals surface area contributed by atoms with Crippen LogP contribution in [0.3, 0.4) is 0 Å². The van der Waals surface area contributed by atoms with E-state index in [1.807, 2.05) is 0 Å². The second-order valence-corrected chi connectivity index (χ2v) is 6.36. The van der Waals surface area contributed by atoms with Crippen LogP contribution in [-0.2, 0) is 19.3 Å². The molecule has 0 spiro atoms. The van der Waals surface area contributed by atoms with E-state index in [9.17, 15) is 0 Å². The van der Waals surface area contributed by atoms with Crippen LogP contribution in [0.25, 0.3) is 0 Å². The zero-order chi connectivity index (χ0) is 14.7. The molecule has 1 unspecified atom stereocenters. The molecule has 0 bridgehead atoms. The lowest BCUT2D eigenvalue weighted by Crippen LogP contribution is -2.16. The van der Waals surface area contributed by atoms with Gasteiger partial charge in [-0.15, -0.1) is 0 Å². The van der Waals surface area contributed by atoms with Crippen molar-refractivity contribution in [2.75, 3.05) is 6.54 Å². The van der Waals surface area contributed by atoms with Gasteiger partial charge in [-0.05, 0) is 67.8 Å². The second kappa shape index (κ2) is 6.44. The molecule has 0 saturated heterocycles. The van der Waals surface area contributed by atoms with Crippen LogP contribution in [0, 0.1) is 6.92 Å². The Kier molecular flexibility index (Phi) is 4.40. The first-order valence-electron chi connectivity index (χ1n) is 8.13. The summed E-state index contributed by atoms with van der Waals surface area (Å²) in [7, 11) is 0. The largest absolute Gasteiger partial charge is 0.330 e. The fourth-order valence-electron chi connectivity index (χ4n) is 3.47. The molecule has 0 aliphatic heterocycles. The summed E-state index contributed by atoms with van der Waals surface area (Å²) in [5, 5.41) is 0. The van der Waals surface area contributed by atoms with E-state index in [2.05, 4.69) is 49.4 Å². The van der Waals surface area contributed by atoms with Gasteiger partial charge in [0.15, 0.2) is 0 Å². The highest BCUT2D eigenvalue weighted by Gasteiger charge is 2.15. The third kappa shape index (κ3) is 3.36. The Morgan fingerprint density at radius 1 is 1.00 bits per heavy atom. The van der Waals surface area contributed by atoms with E-state index in [-0.39, 0.29) is 0 Å². The highest BCUT2D eigenvalue weighted by Crippen LogP contribution is 2.27. The second-order valence-electron chi connectivity index (χ2n) is 6.36. The Morgan fingerprint density at radius 3 is 2.57 bits per heavy atom. The summed E-state index contributed by atoms with van der Waals surface area (Å²) < 4.78 is 0. The lowest BCUT2D eigenvalue weighted by molar-refractivity contribution is 0.668. The number of benzene rings is 2. The number of nitrogens with two attached hydrogens (primary N) is 1. The molecule has 0 heterocycles. The molecule has 0 fully saturated rings. The third-order valence-electron chi connectivity index (χ3n) is 4.69. The molecule has 1 aliphatic carbocycles. The molecule has 3 rings (SSSR count). The Bertz CT molecular complexity index is 615. The molecule has 1 nitrogen and oxygen atoms in total. The van der Waals surface area contributed by atoms with Crippen LogP contribution in [0.5, 0.6) is 0 Å². The van der Waals surface area contributed by atoms with Crippen molar-refractivity contribution in [3.05, 3.63) is 70.3 Å². The predicted molar refractivity (Wildman–Crippen MR) is 89.8 cm³/mol. The maximum atomic E-state index is 6.07. The van der Waals surface area contributed by atoms with Gasteiger partial charge in [-0.25, -0.2) is 0 Å². The van der Waals surface area contributed by atoms with Crippen LogP contribution < -0.4 is 5.73 Å². The Hall–Kier alpha value is -1.60. The quantitative estimate of drug-likeness (QED) is 0.893. The Balaban J connectivity index is 1.82. The van der Waals surface area contributed by atoms with Gasteiger partial charge < -0.3 is 5.73 Å². The van der Waals surface area contributed by atoms with Crippen molar-refractivity contribution < 1.29 is 0 Å². The lowest BCUT2D eigenvalue weighted by Gasteiger charge is -2.21. The van der Waals surface area contributed by atoms with Gasteiger partial charge in [-0.3, -0.25) is 0 Å². The predicted octanol–water partition coefficient (Wildman–Crippen LogP) is 4.16. The van der Waals surface area contributed by atoms with Crippen LogP contribution in [0.4, 0.5) is 0 Å². The highest BCUT2D eigenvalue weighted by atomic mass is 14.5.